The van der Waals surface area contributed by atoms with Crippen molar-refractivity contribution in [3.05, 3.63) is 102 Å². The summed E-state index contributed by atoms with van der Waals surface area (Å²) in [5.41, 5.74) is 3.88. The van der Waals surface area contributed by atoms with Crippen molar-refractivity contribution in [1.29, 1.82) is 0 Å². The van der Waals surface area contributed by atoms with E-state index in [1.54, 1.807) is 7.11 Å². The smallest absolute Gasteiger partial charge is 0.118 e. The number of hydrogen-bond donors (Lipinski definition) is 1. The summed E-state index contributed by atoms with van der Waals surface area (Å²) < 4.78 is 10.9. The zero-order chi connectivity index (χ0) is 20.4. The van der Waals surface area contributed by atoms with Crippen LogP contribution >= 0.6 is 0 Å². The zero-order valence-electron chi connectivity index (χ0n) is 17.3. The lowest BCUT2D eigenvalue weighted by molar-refractivity contribution is -0.0953. The number of ether oxygens (including phenoxy) is 2. The van der Waals surface area contributed by atoms with E-state index >= 15 is 0 Å². The van der Waals surface area contributed by atoms with Crippen LogP contribution in [0.4, 0.5) is 0 Å². The van der Waals surface area contributed by atoms with Gasteiger partial charge < -0.3 is 9.47 Å². The first-order valence-corrected chi connectivity index (χ1v) is 10.6. The predicted octanol–water partition coefficient (Wildman–Crippen LogP) is 3.98. The Morgan fingerprint density at radius 3 is 1.90 bits per heavy atom. The highest BCUT2D eigenvalue weighted by Crippen LogP contribution is 2.36. The lowest BCUT2D eigenvalue weighted by Crippen LogP contribution is -2.68. The van der Waals surface area contributed by atoms with Crippen LogP contribution in [0.15, 0.2) is 84.9 Å². The lowest BCUT2D eigenvalue weighted by atomic mass is 9.85. The fourth-order valence-corrected chi connectivity index (χ4v) is 4.64. The van der Waals surface area contributed by atoms with Crippen LogP contribution in [0.5, 0.6) is 5.75 Å². The molecule has 2 saturated heterocycles. The van der Waals surface area contributed by atoms with E-state index in [0.29, 0.717) is 12.1 Å². The number of nitrogens with one attached hydrogen (secondary N) is 1. The molecule has 1 N–H and O–H groups in total. The van der Waals surface area contributed by atoms with Gasteiger partial charge in [0.1, 0.15) is 5.75 Å². The molecule has 0 aliphatic carbocycles. The van der Waals surface area contributed by atoms with Gasteiger partial charge in [-0.15, -0.1) is 0 Å². The first-order valence-electron chi connectivity index (χ1n) is 10.6. The van der Waals surface area contributed by atoms with E-state index in [9.17, 15) is 0 Å². The fraction of sp³-hybridized carbons (Fsp3) is 0.308. The summed E-state index contributed by atoms with van der Waals surface area (Å²) in [7, 11) is 1.70. The number of rotatable bonds is 7. The molecular formula is C26H28N2O2. The summed E-state index contributed by atoms with van der Waals surface area (Å²) >= 11 is 0. The van der Waals surface area contributed by atoms with E-state index in [-0.39, 0.29) is 5.54 Å². The standard InChI is InChI=1S/C26H28N2O2/c1-29-24-14-12-22(13-15-24)26(18-30-19-26)27-23-16-28(17-23)25(20-8-4-2-5-9-20)21-10-6-3-7-11-21/h2-15,23,25,27H,16-19H2,1H3. The molecular weight excluding hydrogens is 372 g/mol. The van der Waals surface area contributed by atoms with Crippen molar-refractivity contribution in [3.63, 3.8) is 0 Å². The molecule has 0 spiro atoms. The van der Waals surface area contributed by atoms with Crippen molar-refractivity contribution in [2.45, 2.75) is 17.6 Å². The molecule has 2 fully saturated rings. The molecule has 30 heavy (non-hydrogen) atoms. The zero-order valence-corrected chi connectivity index (χ0v) is 17.3. The highest BCUT2D eigenvalue weighted by molar-refractivity contribution is 5.35. The average molecular weight is 401 g/mol. The van der Waals surface area contributed by atoms with Crippen LogP contribution in [-0.2, 0) is 10.3 Å². The number of hydrogen-bond acceptors (Lipinski definition) is 4. The van der Waals surface area contributed by atoms with E-state index in [0.717, 1.165) is 32.1 Å². The summed E-state index contributed by atoms with van der Waals surface area (Å²) in [5, 5.41) is 3.90. The Balaban J connectivity index is 1.30. The summed E-state index contributed by atoms with van der Waals surface area (Å²) in [6, 6.07) is 30.7. The maximum atomic E-state index is 5.62. The van der Waals surface area contributed by atoms with Gasteiger partial charge in [0.2, 0.25) is 0 Å². The largest absolute Gasteiger partial charge is 0.497 e. The molecule has 4 heteroatoms. The molecule has 3 aromatic rings. The van der Waals surface area contributed by atoms with Gasteiger partial charge in [-0.1, -0.05) is 72.8 Å². The third-order valence-electron chi connectivity index (χ3n) is 6.33. The fourth-order valence-electron chi connectivity index (χ4n) is 4.64. The van der Waals surface area contributed by atoms with Crippen LogP contribution < -0.4 is 10.1 Å². The van der Waals surface area contributed by atoms with Crippen molar-refractivity contribution >= 4 is 0 Å². The van der Waals surface area contributed by atoms with Crippen LogP contribution in [0, 0.1) is 0 Å². The van der Waals surface area contributed by atoms with Crippen molar-refractivity contribution in [1.82, 2.24) is 10.2 Å². The number of benzene rings is 3. The molecule has 0 atom stereocenters. The van der Waals surface area contributed by atoms with Crippen molar-refractivity contribution in [2.75, 3.05) is 33.4 Å². The van der Waals surface area contributed by atoms with Crippen LogP contribution in [0.3, 0.4) is 0 Å². The minimum atomic E-state index is -0.0853. The summed E-state index contributed by atoms with van der Waals surface area (Å²) in [6.45, 7) is 3.48. The first kappa shape index (κ1) is 19.3. The molecule has 2 heterocycles. The van der Waals surface area contributed by atoms with Gasteiger partial charge in [-0.25, -0.2) is 0 Å². The Kier molecular flexibility index (Phi) is 5.30. The van der Waals surface area contributed by atoms with Crippen LogP contribution in [0.25, 0.3) is 0 Å². The molecule has 3 aromatic carbocycles. The van der Waals surface area contributed by atoms with Gasteiger partial charge in [-0.2, -0.15) is 0 Å². The van der Waals surface area contributed by atoms with Crippen molar-refractivity contribution < 1.29 is 9.47 Å². The first-order chi connectivity index (χ1) is 14.8. The molecule has 2 aliphatic rings. The van der Waals surface area contributed by atoms with Crippen LogP contribution in [-0.4, -0.2) is 44.4 Å². The molecule has 0 saturated carbocycles. The highest BCUT2D eigenvalue weighted by Gasteiger charge is 2.45. The van der Waals surface area contributed by atoms with E-state index in [1.807, 2.05) is 12.1 Å². The SMILES string of the molecule is COc1ccc(C2(NC3CN(C(c4ccccc4)c4ccccc4)C3)COC2)cc1. The van der Waals surface area contributed by atoms with Gasteiger partial charge >= 0.3 is 0 Å². The van der Waals surface area contributed by atoms with Gasteiger partial charge in [-0.3, -0.25) is 10.2 Å². The minimum absolute atomic E-state index is 0.0853. The summed E-state index contributed by atoms with van der Waals surface area (Å²) in [5.74, 6) is 0.887. The van der Waals surface area contributed by atoms with Gasteiger partial charge in [0.05, 0.1) is 31.9 Å². The molecule has 0 amide bonds. The topological polar surface area (TPSA) is 33.7 Å². The van der Waals surface area contributed by atoms with Gasteiger partial charge in [-0.05, 0) is 28.8 Å². The molecule has 5 rings (SSSR count). The second-order valence-electron chi connectivity index (χ2n) is 8.32. The third kappa shape index (κ3) is 3.63. The molecule has 0 radical (unpaired) electrons. The van der Waals surface area contributed by atoms with E-state index < -0.39 is 0 Å². The molecule has 0 aromatic heterocycles. The third-order valence-corrected chi connectivity index (χ3v) is 6.33. The molecule has 0 bridgehead atoms. The lowest BCUT2D eigenvalue weighted by Gasteiger charge is -2.51. The van der Waals surface area contributed by atoms with Gasteiger partial charge in [0.15, 0.2) is 0 Å². The van der Waals surface area contributed by atoms with E-state index in [1.165, 1.54) is 16.7 Å². The Hall–Kier alpha value is -2.66. The van der Waals surface area contributed by atoms with E-state index in [2.05, 4.69) is 83.0 Å². The minimum Gasteiger partial charge on any atom is -0.497 e. The van der Waals surface area contributed by atoms with Crippen LogP contribution in [0.1, 0.15) is 22.7 Å². The van der Waals surface area contributed by atoms with Crippen LogP contribution in [0.2, 0.25) is 0 Å². The number of nitrogens with zero attached hydrogens (tertiary/aromatic N) is 1. The van der Waals surface area contributed by atoms with Crippen molar-refractivity contribution in [2.24, 2.45) is 0 Å². The second-order valence-corrected chi connectivity index (χ2v) is 8.32. The average Bonchev–Trinajstić information content (AvgIpc) is 2.75. The molecule has 154 valence electrons. The molecule has 0 unspecified atom stereocenters. The predicted molar refractivity (Wildman–Crippen MR) is 119 cm³/mol. The molecule has 4 nitrogen and oxygen atoms in total. The maximum absolute atomic E-state index is 5.62. The Morgan fingerprint density at radius 2 is 1.43 bits per heavy atom. The van der Waals surface area contributed by atoms with Gasteiger partial charge in [0.25, 0.3) is 0 Å². The maximum Gasteiger partial charge on any atom is 0.118 e. The highest BCUT2D eigenvalue weighted by atomic mass is 16.5. The summed E-state index contributed by atoms with van der Waals surface area (Å²) in [6.07, 6.45) is 0. The Bertz CT molecular complexity index is 910. The quantitative estimate of drug-likeness (QED) is 0.650. The monoisotopic (exact) mass is 400 g/mol. The number of methoxy groups -OCH3 is 1. The Labute approximate surface area is 178 Å². The Morgan fingerprint density at radius 1 is 0.867 bits per heavy atom. The molecule has 2 aliphatic heterocycles. The van der Waals surface area contributed by atoms with Gasteiger partial charge in [0, 0.05) is 19.1 Å². The normalized spacial score (nSPS) is 18.6. The number of likely N-dealkylation sites (tertiary alicyclic amines) is 1. The van der Waals surface area contributed by atoms with Crippen molar-refractivity contribution in [3.8, 4) is 5.75 Å². The second kappa shape index (κ2) is 8.23. The van der Waals surface area contributed by atoms with E-state index in [4.69, 9.17) is 9.47 Å². The summed E-state index contributed by atoms with van der Waals surface area (Å²) in [4.78, 5) is 2.56.